The zero-order valence-corrected chi connectivity index (χ0v) is 7.65. The van der Waals surface area contributed by atoms with Crippen LogP contribution in [-0.2, 0) is 4.79 Å². The van der Waals surface area contributed by atoms with Crippen LogP contribution < -0.4 is 11.5 Å². The number of anilines is 1. The molecule has 0 aliphatic rings. The molecule has 0 heterocycles. The zero-order valence-electron chi connectivity index (χ0n) is 7.65. The first-order valence-electron chi connectivity index (χ1n) is 3.95. The van der Waals surface area contributed by atoms with Gasteiger partial charge in [0.1, 0.15) is 5.71 Å². The highest BCUT2D eigenvalue weighted by molar-refractivity contribution is 6.43. The van der Waals surface area contributed by atoms with Gasteiger partial charge in [-0.3, -0.25) is 10.2 Å². The van der Waals surface area contributed by atoms with Gasteiger partial charge in [-0.2, -0.15) is 0 Å². The Hall–Kier alpha value is -2.37. The summed E-state index contributed by atoms with van der Waals surface area (Å²) in [4.78, 5) is 21.4. The summed E-state index contributed by atoms with van der Waals surface area (Å²) in [6.45, 7) is 0. The molecule has 0 bridgehead atoms. The van der Waals surface area contributed by atoms with E-state index < -0.39 is 17.6 Å². The second-order valence-electron chi connectivity index (χ2n) is 2.85. The van der Waals surface area contributed by atoms with Crippen molar-refractivity contribution >= 4 is 23.3 Å². The van der Waals surface area contributed by atoms with E-state index in [9.17, 15) is 9.59 Å². The lowest BCUT2D eigenvalue weighted by atomic mass is 10.0. The number of nitrogens with one attached hydrogen (secondary N) is 1. The Morgan fingerprint density at radius 1 is 1.33 bits per heavy atom. The second-order valence-corrected chi connectivity index (χ2v) is 2.85. The van der Waals surface area contributed by atoms with Crippen LogP contribution in [0.15, 0.2) is 18.2 Å². The summed E-state index contributed by atoms with van der Waals surface area (Å²) in [5, 5.41) is 16.0. The molecule has 78 valence electrons. The van der Waals surface area contributed by atoms with Crippen molar-refractivity contribution in [2.24, 2.45) is 5.73 Å². The van der Waals surface area contributed by atoms with Crippen LogP contribution in [0.2, 0.25) is 0 Å². The smallest absolute Gasteiger partial charge is 0.337 e. The van der Waals surface area contributed by atoms with Crippen LogP contribution in [-0.4, -0.2) is 22.7 Å². The van der Waals surface area contributed by atoms with Gasteiger partial charge >= 0.3 is 5.97 Å². The maximum atomic E-state index is 10.7. The SMILES string of the molecule is N=C(C(N)=O)c1ccc(N)c(C(=O)O)c1. The minimum Gasteiger partial charge on any atom is -0.478 e. The van der Waals surface area contributed by atoms with E-state index in [-0.39, 0.29) is 16.8 Å². The first kappa shape index (κ1) is 10.7. The van der Waals surface area contributed by atoms with Crippen molar-refractivity contribution in [3.05, 3.63) is 29.3 Å². The van der Waals surface area contributed by atoms with Crippen LogP contribution in [0.3, 0.4) is 0 Å². The highest BCUT2D eigenvalue weighted by Gasteiger charge is 2.13. The van der Waals surface area contributed by atoms with Gasteiger partial charge in [-0.1, -0.05) is 6.07 Å². The molecule has 0 aliphatic heterocycles. The molecule has 15 heavy (non-hydrogen) atoms. The zero-order chi connectivity index (χ0) is 11.6. The van der Waals surface area contributed by atoms with Crippen LogP contribution in [0.5, 0.6) is 0 Å². The molecule has 0 spiro atoms. The number of carbonyl (C=O) groups excluding carboxylic acids is 1. The number of carboxylic acid groups (broad SMARTS) is 1. The van der Waals surface area contributed by atoms with Crippen molar-refractivity contribution in [2.75, 3.05) is 5.73 Å². The Bertz CT molecular complexity index is 454. The van der Waals surface area contributed by atoms with E-state index in [1.807, 2.05) is 0 Å². The van der Waals surface area contributed by atoms with E-state index >= 15 is 0 Å². The van der Waals surface area contributed by atoms with Gasteiger partial charge in [0, 0.05) is 11.3 Å². The molecule has 6 nitrogen and oxygen atoms in total. The number of hydrogen-bond donors (Lipinski definition) is 4. The number of hydrogen-bond acceptors (Lipinski definition) is 4. The van der Waals surface area contributed by atoms with E-state index in [4.69, 9.17) is 22.0 Å². The quantitative estimate of drug-likeness (QED) is 0.404. The Kier molecular flexibility index (Phi) is 2.70. The summed E-state index contributed by atoms with van der Waals surface area (Å²) in [6, 6.07) is 3.83. The van der Waals surface area contributed by atoms with E-state index in [1.54, 1.807) is 0 Å². The van der Waals surface area contributed by atoms with Crippen LogP contribution >= 0.6 is 0 Å². The molecule has 0 fully saturated rings. The number of nitrogens with two attached hydrogens (primary N) is 2. The molecule has 0 saturated heterocycles. The normalized spacial score (nSPS) is 9.60. The lowest BCUT2D eigenvalue weighted by Crippen LogP contribution is -2.23. The fourth-order valence-electron chi connectivity index (χ4n) is 1.04. The first-order chi connectivity index (χ1) is 6.93. The van der Waals surface area contributed by atoms with E-state index in [2.05, 4.69) is 0 Å². The number of carbonyl (C=O) groups is 2. The number of aromatic carboxylic acids is 1. The summed E-state index contributed by atoms with van der Waals surface area (Å²) in [7, 11) is 0. The Morgan fingerprint density at radius 2 is 1.93 bits per heavy atom. The monoisotopic (exact) mass is 207 g/mol. The maximum Gasteiger partial charge on any atom is 0.337 e. The summed E-state index contributed by atoms with van der Waals surface area (Å²) < 4.78 is 0. The summed E-state index contributed by atoms with van der Waals surface area (Å²) in [6.07, 6.45) is 0. The summed E-state index contributed by atoms with van der Waals surface area (Å²) in [5.41, 5.74) is 9.89. The fourth-order valence-corrected chi connectivity index (χ4v) is 1.04. The van der Waals surface area contributed by atoms with Crippen molar-refractivity contribution in [3.8, 4) is 0 Å². The molecular weight excluding hydrogens is 198 g/mol. The van der Waals surface area contributed by atoms with Gasteiger partial charge in [-0.15, -0.1) is 0 Å². The predicted molar refractivity (Wildman–Crippen MR) is 53.8 cm³/mol. The average Bonchev–Trinajstić information content (AvgIpc) is 2.16. The van der Waals surface area contributed by atoms with E-state index in [1.165, 1.54) is 12.1 Å². The van der Waals surface area contributed by atoms with E-state index in [0.29, 0.717) is 0 Å². The number of benzene rings is 1. The highest BCUT2D eigenvalue weighted by Crippen LogP contribution is 2.14. The van der Waals surface area contributed by atoms with Gasteiger partial charge in [0.05, 0.1) is 5.56 Å². The Balaban J connectivity index is 3.25. The summed E-state index contributed by atoms with van der Waals surface area (Å²) >= 11 is 0. The molecular formula is C9H9N3O3. The molecule has 0 aliphatic carbocycles. The lowest BCUT2D eigenvalue weighted by Gasteiger charge is -2.04. The lowest BCUT2D eigenvalue weighted by molar-refractivity contribution is -0.112. The van der Waals surface area contributed by atoms with Gasteiger partial charge in [0.2, 0.25) is 0 Å². The third kappa shape index (κ3) is 2.11. The highest BCUT2D eigenvalue weighted by atomic mass is 16.4. The molecule has 1 aromatic rings. The average molecular weight is 207 g/mol. The molecule has 1 aromatic carbocycles. The first-order valence-corrected chi connectivity index (χ1v) is 3.95. The number of amides is 1. The molecule has 0 aromatic heterocycles. The minimum absolute atomic E-state index is 0.0727. The largest absolute Gasteiger partial charge is 0.478 e. The van der Waals surface area contributed by atoms with Gasteiger partial charge in [0.15, 0.2) is 0 Å². The molecule has 0 saturated carbocycles. The van der Waals surface area contributed by atoms with Gasteiger partial charge < -0.3 is 16.6 Å². The number of carboxylic acids is 1. The van der Waals surface area contributed by atoms with Crippen LogP contribution in [0.1, 0.15) is 15.9 Å². The van der Waals surface area contributed by atoms with Crippen LogP contribution in [0, 0.1) is 5.41 Å². The predicted octanol–water partition coefficient (Wildman–Crippen LogP) is -0.180. The standard InChI is InChI=1S/C9H9N3O3/c10-6-2-1-4(7(11)8(12)13)3-5(6)9(14)15/h1-3,11H,10H2,(H2,12,13)(H,14,15). The van der Waals surface area contributed by atoms with Crippen LogP contribution in [0.4, 0.5) is 5.69 Å². The Morgan fingerprint density at radius 3 is 2.40 bits per heavy atom. The second kappa shape index (κ2) is 3.79. The van der Waals surface area contributed by atoms with Crippen molar-refractivity contribution in [1.29, 1.82) is 5.41 Å². The minimum atomic E-state index is -1.22. The topological polar surface area (TPSA) is 130 Å². The fraction of sp³-hybridized carbons (Fsp3) is 0. The van der Waals surface area contributed by atoms with Crippen molar-refractivity contribution in [3.63, 3.8) is 0 Å². The molecule has 1 rings (SSSR count). The summed E-state index contributed by atoms with van der Waals surface area (Å²) in [5.74, 6) is -2.14. The third-order valence-corrected chi connectivity index (χ3v) is 1.82. The molecule has 0 radical (unpaired) electrons. The molecule has 0 unspecified atom stereocenters. The van der Waals surface area contributed by atoms with Crippen molar-refractivity contribution in [1.82, 2.24) is 0 Å². The van der Waals surface area contributed by atoms with Crippen LogP contribution in [0.25, 0.3) is 0 Å². The third-order valence-electron chi connectivity index (χ3n) is 1.82. The number of nitrogen functional groups attached to an aromatic ring is 1. The molecule has 6 heteroatoms. The maximum absolute atomic E-state index is 10.7. The van der Waals surface area contributed by atoms with Crippen molar-refractivity contribution in [2.45, 2.75) is 0 Å². The van der Waals surface area contributed by atoms with Crippen molar-refractivity contribution < 1.29 is 14.7 Å². The number of primary amides is 1. The number of rotatable bonds is 3. The molecule has 6 N–H and O–H groups in total. The molecule has 1 amide bonds. The van der Waals surface area contributed by atoms with E-state index in [0.717, 1.165) is 6.07 Å². The molecule has 0 atom stereocenters. The van der Waals surface area contributed by atoms with Gasteiger partial charge in [-0.05, 0) is 12.1 Å². The Labute approximate surface area is 85.0 Å². The van der Waals surface area contributed by atoms with Gasteiger partial charge in [-0.25, -0.2) is 4.79 Å². The van der Waals surface area contributed by atoms with Gasteiger partial charge in [0.25, 0.3) is 5.91 Å².